The molecule has 3 rings (SSSR count). The van der Waals surface area contributed by atoms with Crippen LogP contribution in [0.5, 0.6) is 11.5 Å². The van der Waals surface area contributed by atoms with E-state index in [-0.39, 0.29) is 24.8 Å². The molecule has 0 aliphatic heterocycles. The zero-order valence-electron chi connectivity index (χ0n) is 15.9. The maximum Gasteiger partial charge on any atom is 0.166 e. The highest BCUT2D eigenvalue weighted by molar-refractivity contribution is 5.85. The lowest BCUT2D eigenvalue weighted by atomic mass is 10.1. The van der Waals surface area contributed by atoms with Gasteiger partial charge in [-0.2, -0.15) is 0 Å². The van der Waals surface area contributed by atoms with Gasteiger partial charge in [0.2, 0.25) is 0 Å². The first-order valence-corrected chi connectivity index (χ1v) is 9.53. The zero-order valence-corrected chi connectivity index (χ0v) is 16.7. The predicted molar refractivity (Wildman–Crippen MR) is 109 cm³/mol. The number of rotatable bonds is 7. The second-order valence-electron chi connectivity index (χ2n) is 6.90. The SMILES string of the molecule is COc1cccc(CNC2CCCCCC2)c1OCc1ccccc1F.Cl. The summed E-state index contributed by atoms with van der Waals surface area (Å²) >= 11 is 0. The Morgan fingerprint density at radius 2 is 1.67 bits per heavy atom. The number of hydrogen-bond acceptors (Lipinski definition) is 3. The molecular formula is C22H29ClFNO2. The van der Waals surface area contributed by atoms with Crippen LogP contribution in [0.3, 0.4) is 0 Å². The van der Waals surface area contributed by atoms with E-state index in [0.29, 0.717) is 23.1 Å². The second kappa shape index (κ2) is 11.2. The van der Waals surface area contributed by atoms with Crippen molar-refractivity contribution < 1.29 is 13.9 Å². The van der Waals surface area contributed by atoms with E-state index in [4.69, 9.17) is 9.47 Å². The minimum absolute atomic E-state index is 0. The number of nitrogens with one attached hydrogen (secondary N) is 1. The van der Waals surface area contributed by atoms with Crippen LogP contribution in [0, 0.1) is 5.82 Å². The summed E-state index contributed by atoms with van der Waals surface area (Å²) in [5.74, 6) is 1.13. The second-order valence-corrected chi connectivity index (χ2v) is 6.90. The molecule has 27 heavy (non-hydrogen) atoms. The van der Waals surface area contributed by atoms with Gasteiger partial charge in [-0.3, -0.25) is 0 Å². The normalized spacial score (nSPS) is 14.9. The Morgan fingerprint density at radius 1 is 0.963 bits per heavy atom. The number of ether oxygens (including phenoxy) is 2. The molecule has 3 nitrogen and oxygen atoms in total. The van der Waals surface area contributed by atoms with Gasteiger partial charge in [-0.05, 0) is 25.0 Å². The van der Waals surface area contributed by atoms with E-state index < -0.39 is 0 Å². The summed E-state index contributed by atoms with van der Waals surface area (Å²) in [6.45, 7) is 0.915. The van der Waals surface area contributed by atoms with Crippen LogP contribution in [-0.4, -0.2) is 13.2 Å². The van der Waals surface area contributed by atoms with Crippen LogP contribution in [0.4, 0.5) is 4.39 Å². The van der Waals surface area contributed by atoms with E-state index in [1.54, 1.807) is 19.2 Å². The molecular weight excluding hydrogens is 365 g/mol. The molecule has 0 bridgehead atoms. The van der Waals surface area contributed by atoms with Crippen molar-refractivity contribution in [1.82, 2.24) is 5.32 Å². The van der Waals surface area contributed by atoms with Crippen LogP contribution >= 0.6 is 12.4 Å². The molecule has 0 heterocycles. The van der Waals surface area contributed by atoms with E-state index >= 15 is 0 Å². The first-order chi connectivity index (χ1) is 12.8. The third kappa shape index (κ3) is 6.12. The molecule has 0 atom stereocenters. The first-order valence-electron chi connectivity index (χ1n) is 9.53. The van der Waals surface area contributed by atoms with Crippen LogP contribution in [0.15, 0.2) is 42.5 Å². The highest BCUT2D eigenvalue weighted by Crippen LogP contribution is 2.32. The lowest BCUT2D eigenvalue weighted by molar-refractivity contribution is 0.275. The molecule has 0 spiro atoms. The highest BCUT2D eigenvalue weighted by Gasteiger charge is 2.15. The van der Waals surface area contributed by atoms with Crippen LogP contribution in [0.2, 0.25) is 0 Å². The van der Waals surface area contributed by atoms with Crippen molar-refractivity contribution in [3.05, 3.63) is 59.4 Å². The van der Waals surface area contributed by atoms with Gasteiger partial charge in [-0.25, -0.2) is 4.39 Å². The summed E-state index contributed by atoms with van der Waals surface area (Å²) in [5, 5.41) is 3.67. The average molecular weight is 394 g/mol. The van der Waals surface area contributed by atoms with Crippen LogP contribution in [0.25, 0.3) is 0 Å². The van der Waals surface area contributed by atoms with Crippen molar-refractivity contribution in [3.8, 4) is 11.5 Å². The molecule has 5 heteroatoms. The fraction of sp³-hybridized carbons (Fsp3) is 0.455. The molecule has 0 aromatic heterocycles. The van der Waals surface area contributed by atoms with Gasteiger partial charge >= 0.3 is 0 Å². The van der Waals surface area contributed by atoms with Crippen LogP contribution < -0.4 is 14.8 Å². The van der Waals surface area contributed by atoms with Crippen molar-refractivity contribution in [1.29, 1.82) is 0 Å². The average Bonchev–Trinajstić information content (AvgIpc) is 2.94. The van der Waals surface area contributed by atoms with Crippen molar-refractivity contribution in [3.63, 3.8) is 0 Å². The standard InChI is InChI=1S/C22H28FNO2.ClH/c1-25-21-14-8-10-17(15-24-19-11-4-2-3-5-12-19)22(21)26-16-18-9-6-7-13-20(18)23;/h6-10,13-14,19,24H,2-5,11-12,15-16H2,1H3;1H. The number of hydrogen-bond donors (Lipinski definition) is 1. The third-order valence-corrected chi connectivity index (χ3v) is 5.05. The lowest BCUT2D eigenvalue weighted by Gasteiger charge is -2.19. The van der Waals surface area contributed by atoms with E-state index in [0.717, 1.165) is 12.1 Å². The molecule has 1 aliphatic carbocycles. The molecule has 2 aromatic rings. The van der Waals surface area contributed by atoms with Gasteiger partial charge in [0.1, 0.15) is 12.4 Å². The zero-order chi connectivity index (χ0) is 18.2. The molecule has 0 saturated heterocycles. The van der Waals surface area contributed by atoms with Crippen molar-refractivity contribution in [2.45, 2.75) is 57.7 Å². The van der Waals surface area contributed by atoms with Crippen molar-refractivity contribution in [2.24, 2.45) is 0 Å². The van der Waals surface area contributed by atoms with E-state index in [1.165, 1.54) is 44.6 Å². The largest absolute Gasteiger partial charge is 0.493 e. The summed E-state index contributed by atoms with van der Waals surface area (Å²) in [6.07, 6.45) is 7.74. The minimum atomic E-state index is -0.250. The Morgan fingerprint density at radius 3 is 2.37 bits per heavy atom. The summed E-state index contributed by atoms with van der Waals surface area (Å²) in [6, 6.07) is 13.2. The molecule has 0 radical (unpaired) electrons. The first kappa shape index (κ1) is 21.5. The van der Waals surface area contributed by atoms with Crippen molar-refractivity contribution in [2.75, 3.05) is 7.11 Å². The lowest BCUT2D eigenvalue weighted by Crippen LogP contribution is -2.28. The molecule has 1 aliphatic rings. The Kier molecular flexibility index (Phi) is 8.89. The van der Waals surface area contributed by atoms with Crippen LogP contribution in [0.1, 0.15) is 49.7 Å². The Labute approximate surface area is 167 Å². The summed E-state index contributed by atoms with van der Waals surface area (Å²) in [5.41, 5.74) is 1.59. The quantitative estimate of drug-likeness (QED) is 0.617. The summed E-state index contributed by atoms with van der Waals surface area (Å²) in [7, 11) is 1.63. The summed E-state index contributed by atoms with van der Waals surface area (Å²) < 4.78 is 25.3. The van der Waals surface area contributed by atoms with Gasteiger partial charge in [0.05, 0.1) is 7.11 Å². The molecule has 2 aromatic carbocycles. The fourth-order valence-corrected chi connectivity index (χ4v) is 3.53. The number of para-hydroxylation sites is 1. The van der Waals surface area contributed by atoms with Crippen LogP contribution in [-0.2, 0) is 13.2 Å². The van der Waals surface area contributed by atoms with E-state index in [9.17, 15) is 4.39 Å². The fourth-order valence-electron chi connectivity index (χ4n) is 3.53. The highest BCUT2D eigenvalue weighted by atomic mass is 35.5. The van der Waals surface area contributed by atoms with Gasteiger partial charge in [0.15, 0.2) is 11.5 Å². The van der Waals surface area contributed by atoms with Gasteiger partial charge in [0.25, 0.3) is 0 Å². The smallest absolute Gasteiger partial charge is 0.166 e. The van der Waals surface area contributed by atoms with E-state index in [2.05, 4.69) is 5.32 Å². The molecule has 0 amide bonds. The molecule has 1 saturated carbocycles. The molecule has 148 valence electrons. The van der Waals surface area contributed by atoms with Gasteiger partial charge in [-0.1, -0.05) is 56.0 Å². The van der Waals surface area contributed by atoms with Gasteiger partial charge in [0, 0.05) is 23.7 Å². The third-order valence-electron chi connectivity index (χ3n) is 5.05. The molecule has 1 fully saturated rings. The van der Waals surface area contributed by atoms with E-state index in [1.807, 2.05) is 24.3 Å². The predicted octanol–water partition coefficient (Wildman–Crippen LogP) is 5.65. The molecule has 1 N–H and O–H groups in total. The molecule has 0 unspecified atom stereocenters. The minimum Gasteiger partial charge on any atom is -0.493 e. The maximum atomic E-state index is 13.9. The number of methoxy groups -OCH3 is 1. The maximum absolute atomic E-state index is 13.9. The Balaban J connectivity index is 0.00000261. The van der Waals surface area contributed by atoms with Gasteiger partial charge < -0.3 is 14.8 Å². The summed E-state index contributed by atoms with van der Waals surface area (Å²) in [4.78, 5) is 0. The Bertz CT molecular complexity index is 702. The van der Waals surface area contributed by atoms with Gasteiger partial charge in [-0.15, -0.1) is 12.4 Å². The monoisotopic (exact) mass is 393 g/mol. The van der Waals surface area contributed by atoms with Crippen molar-refractivity contribution >= 4 is 12.4 Å². The topological polar surface area (TPSA) is 30.5 Å². The number of benzene rings is 2. The Hall–Kier alpha value is -1.78. The number of halogens is 2.